The number of rotatable bonds is 2. The average molecular weight is 355 g/mol. The highest BCUT2D eigenvalue weighted by molar-refractivity contribution is 9.10. The van der Waals surface area contributed by atoms with Crippen LogP contribution in [-0.2, 0) is 0 Å². The lowest BCUT2D eigenvalue weighted by Gasteiger charge is -2.11. The standard InChI is InChI=1S/C15H13BrF2N2O/c1-7-3-12(18)10(16)6-14(7)20-15(21)9-4-11(17)8(2)13(19)5-9/h3-6H,19H2,1-2H3,(H,20,21). The van der Waals surface area contributed by atoms with Crippen molar-refractivity contribution in [2.45, 2.75) is 13.8 Å². The number of nitrogen functional groups attached to an aromatic ring is 1. The van der Waals surface area contributed by atoms with Gasteiger partial charge in [0.25, 0.3) is 5.91 Å². The number of nitrogens with one attached hydrogen (secondary N) is 1. The van der Waals surface area contributed by atoms with Crippen LogP contribution in [-0.4, -0.2) is 5.91 Å². The van der Waals surface area contributed by atoms with Crippen LogP contribution in [0.15, 0.2) is 28.7 Å². The monoisotopic (exact) mass is 354 g/mol. The van der Waals surface area contributed by atoms with E-state index in [-0.39, 0.29) is 15.7 Å². The second kappa shape index (κ2) is 5.81. The summed E-state index contributed by atoms with van der Waals surface area (Å²) in [5, 5.41) is 2.61. The molecular formula is C15H13BrF2N2O. The van der Waals surface area contributed by atoms with Gasteiger partial charge < -0.3 is 11.1 Å². The van der Waals surface area contributed by atoms with Crippen LogP contribution in [0.2, 0.25) is 0 Å². The summed E-state index contributed by atoms with van der Waals surface area (Å²) in [5.74, 6) is -1.48. The van der Waals surface area contributed by atoms with E-state index in [2.05, 4.69) is 21.2 Å². The van der Waals surface area contributed by atoms with Crippen molar-refractivity contribution in [3.63, 3.8) is 0 Å². The van der Waals surface area contributed by atoms with E-state index in [9.17, 15) is 13.6 Å². The van der Waals surface area contributed by atoms with E-state index in [0.717, 1.165) is 6.07 Å². The lowest BCUT2D eigenvalue weighted by Crippen LogP contribution is -2.14. The summed E-state index contributed by atoms with van der Waals surface area (Å²) in [6.07, 6.45) is 0. The lowest BCUT2D eigenvalue weighted by atomic mass is 10.1. The van der Waals surface area contributed by atoms with Gasteiger partial charge in [0, 0.05) is 22.5 Å². The molecule has 0 saturated heterocycles. The van der Waals surface area contributed by atoms with Crippen LogP contribution in [0.1, 0.15) is 21.5 Å². The van der Waals surface area contributed by atoms with E-state index in [1.54, 1.807) is 6.92 Å². The smallest absolute Gasteiger partial charge is 0.255 e. The number of hydrogen-bond donors (Lipinski definition) is 2. The number of aryl methyl sites for hydroxylation is 1. The fraction of sp³-hybridized carbons (Fsp3) is 0.133. The van der Waals surface area contributed by atoms with Gasteiger partial charge in [-0.25, -0.2) is 8.78 Å². The number of amides is 1. The molecule has 110 valence electrons. The molecule has 0 bridgehead atoms. The first-order chi connectivity index (χ1) is 9.79. The zero-order chi connectivity index (χ0) is 15.7. The Morgan fingerprint density at radius 2 is 1.81 bits per heavy atom. The Balaban J connectivity index is 2.32. The quantitative estimate of drug-likeness (QED) is 0.794. The zero-order valence-electron chi connectivity index (χ0n) is 11.4. The third-order valence-electron chi connectivity index (χ3n) is 3.16. The highest BCUT2D eigenvalue weighted by Crippen LogP contribution is 2.25. The van der Waals surface area contributed by atoms with Crippen LogP contribution in [0.3, 0.4) is 0 Å². The number of carbonyl (C=O) groups excluding carboxylic acids is 1. The van der Waals surface area contributed by atoms with E-state index >= 15 is 0 Å². The molecule has 3 N–H and O–H groups in total. The first kappa shape index (κ1) is 15.4. The molecule has 0 atom stereocenters. The van der Waals surface area contributed by atoms with Crippen molar-refractivity contribution >= 4 is 33.2 Å². The van der Waals surface area contributed by atoms with Crippen molar-refractivity contribution in [3.8, 4) is 0 Å². The van der Waals surface area contributed by atoms with Gasteiger partial charge in [-0.05, 0) is 59.6 Å². The number of carbonyl (C=O) groups is 1. The molecule has 6 heteroatoms. The van der Waals surface area contributed by atoms with Gasteiger partial charge in [0.1, 0.15) is 11.6 Å². The molecule has 1 amide bonds. The van der Waals surface area contributed by atoms with Crippen molar-refractivity contribution in [2.75, 3.05) is 11.1 Å². The molecule has 0 aliphatic carbocycles. The Morgan fingerprint density at radius 3 is 2.43 bits per heavy atom. The summed E-state index contributed by atoms with van der Waals surface area (Å²) in [7, 11) is 0. The highest BCUT2D eigenvalue weighted by atomic mass is 79.9. The van der Waals surface area contributed by atoms with Gasteiger partial charge in [0.05, 0.1) is 4.47 Å². The van der Waals surface area contributed by atoms with Crippen molar-refractivity contribution in [1.82, 2.24) is 0 Å². The SMILES string of the molecule is Cc1cc(F)c(Br)cc1NC(=O)c1cc(N)c(C)c(F)c1. The number of hydrogen-bond acceptors (Lipinski definition) is 2. The molecule has 21 heavy (non-hydrogen) atoms. The largest absolute Gasteiger partial charge is 0.398 e. The number of halogens is 3. The van der Waals surface area contributed by atoms with Gasteiger partial charge in [-0.2, -0.15) is 0 Å². The molecule has 0 saturated carbocycles. The molecule has 0 spiro atoms. The Bertz CT molecular complexity index is 709. The molecule has 0 aliphatic rings. The Morgan fingerprint density at radius 1 is 1.14 bits per heavy atom. The molecule has 0 aromatic heterocycles. The summed E-state index contributed by atoms with van der Waals surface area (Å²) in [4.78, 5) is 12.1. The summed E-state index contributed by atoms with van der Waals surface area (Å²) in [6.45, 7) is 3.20. The van der Waals surface area contributed by atoms with Crippen LogP contribution < -0.4 is 11.1 Å². The van der Waals surface area contributed by atoms with Crippen molar-refractivity contribution in [3.05, 3.63) is 57.1 Å². The average Bonchev–Trinajstić information content (AvgIpc) is 2.41. The first-order valence-corrected chi connectivity index (χ1v) is 6.91. The van der Waals surface area contributed by atoms with Crippen LogP contribution in [0.25, 0.3) is 0 Å². The van der Waals surface area contributed by atoms with E-state index in [4.69, 9.17) is 5.73 Å². The van der Waals surface area contributed by atoms with E-state index < -0.39 is 17.5 Å². The first-order valence-electron chi connectivity index (χ1n) is 6.12. The number of anilines is 2. The topological polar surface area (TPSA) is 55.1 Å². The van der Waals surface area contributed by atoms with Crippen molar-refractivity contribution < 1.29 is 13.6 Å². The normalized spacial score (nSPS) is 10.5. The van der Waals surface area contributed by atoms with E-state index in [1.807, 2.05) is 0 Å². The van der Waals surface area contributed by atoms with Crippen molar-refractivity contribution in [2.24, 2.45) is 0 Å². The molecule has 0 radical (unpaired) electrons. The number of benzene rings is 2. The minimum absolute atomic E-state index is 0.107. The summed E-state index contributed by atoms with van der Waals surface area (Å²) in [5.41, 5.74) is 7.26. The minimum Gasteiger partial charge on any atom is -0.398 e. The Hall–Kier alpha value is -1.95. The van der Waals surface area contributed by atoms with Crippen LogP contribution >= 0.6 is 15.9 Å². The van der Waals surface area contributed by atoms with Gasteiger partial charge in [-0.3, -0.25) is 4.79 Å². The van der Waals surface area contributed by atoms with Gasteiger partial charge in [0.2, 0.25) is 0 Å². The van der Waals surface area contributed by atoms with Gasteiger partial charge in [-0.1, -0.05) is 0 Å². The van der Waals surface area contributed by atoms with Gasteiger partial charge in [0.15, 0.2) is 0 Å². The fourth-order valence-corrected chi connectivity index (χ4v) is 2.15. The summed E-state index contributed by atoms with van der Waals surface area (Å²) in [6, 6.07) is 5.27. The fourth-order valence-electron chi connectivity index (χ4n) is 1.81. The maximum absolute atomic E-state index is 13.6. The third-order valence-corrected chi connectivity index (χ3v) is 3.77. The predicted octanol–water partition coefficient (Wildman–Crippen LogP) is 4.18. The second-order valence-electron chi connectivity index (χ2n) is 4.71. The van der Waals surface area contributed by atoms with Gasteiger partial charge >= 0.3 is 0 Å². The predicted molar refractivity (Wildman–Crippen MR) is 82.3 cm³/mol. The summed E-state index contributed by atoms with van der Waals surface area (Å²) < 4.78 is 27.2. The van der Waals surface area contributed by atoms with Gasteiger partial charge in [-0.15, -0.1) is 0 Å². The Labute approximate surface area is 129 Å². The molecule has 2 rings (SSSR count). The molecule has 0 fully saturated rings. The Kier molecular flexibility index (Phi) is 4.27. The van der Waals surface area contributed by atoms with E-state index in [0.29, 0.717) is 16.8 Å². The molecule has 0 unspecified atom stereocenters. The minimum atomic E-state index is -0.544. The highest BCUT2D eigenvalue weighted by Gasteiger charge is 2.13. The van der Waals surface area contributed by atoms with Crippen LogP contribution in [0, 0.1) is 25.5 Å². The molecule has 3 nitrogen and oxygen atoms in total. The molecule has 0 aliphatic heterocycles. The number of nitrogens with two attached hydrogens (primary N) is 1. The molecular weight excluding hydrogens is 342 g/mol. The molecule has 0 heterocycles. The zero-order valence-corrected chi connectivity index (χ0v) is 13.0. The lowest BCUT2D eigenvalue weighted by molar-refractivity contribution is 0.102. The van der Waals surface area contributed by atoms with E-state index in [1.165, 1.54) is 25.1 Å². The maximum atomic E-state index is 13.6. The second-order valence-corrected chi connectivity index (χ2v) is 5.56. The van der Waals surface area contributed by atoms with Crippen LogP contribution in [0.5, 0.6) is 0 Å². The van der Waals surface area contributed by atoms with Crippen molar-refractivity contribution in [1.29, 1.82) is 0 Å². The molecule has 2 aromatic rings. The summed E-state index contributed by atoms with van der Waals surface area (Å²) >= 11 is 3.05. The molecule has 2 aromatic carbocycles. The maximum Gasteiger partial charge on any atom is 0.255 e. The van der Waals surface area contributed by atoms with Crippen LogP contribution in [0.4, 0.5) is 20.2 Å². The third kappa shape index (κ3) is 3.21.